The van der Waals surface area contributed by atoms with E-state index in [2.05, 4.69) is 47.5 Å². The first kappa shape index (κ1) is 21.5. The number of halogens is 1. The summed E-state index contributed by atoms with van der Waals surface area (Å²) in [5.41, 5.74) is 5.36. The van der Waals surface area contributed by atoms with Crippen molar-refractivity contribution in [3.63, 3.8) is 0 Å². The Hall–Kier alpha value is -3.37. The van der Waals surface area contributed by atoms with Gasteiger partial charge in [0.1, 0.15) is 6.10 Å². The summed E-state index contributed by atoms with van der Waals surface area (Å²) in [6.07, 6.45) is 3.99. The van der Waals surface area contributed by atoms with Crippen molar-refractivity contribution < 1.29 is 9.53 Å². The van der Waals surface area contributed by atoms with Gasteiger partial charge in [0.05, 0.1) is 6.54 Å². The standard InChI is InChI=1S/C28H25ClN2O2/c29-25-12-10-24(11-13-25)28(32)31-16-14-21(15-17-31)18-20-6-8-23(9-7-20)27-30-19-26(33-27)22-4-2-1-3-5-22/h1-13,18,26H,14-17,19H2. The van der Waals surface area contributed by atoms with Crippen molar-refractivity contribution >= 4 is 29.5 Å². The lowest BCUT2D eigenvalue weighted by molar-refractivity contribution is 0.0744. The molecule has 1 unspecified atom stereocenters. The third-order valence-electron chi connectivity index (χ3n) is 6.14. The fourth-order valence-electron chi connectivity index (χ4n) is 4.25. The molecule has 0 aromatic heterocycles. The van der Waals surface area contributed by atoms with Gasteiger partial charge < -0.3 is 9.64 Å². The van der Waals surface area contributed by atoms with Crippen molar-refractivity contribution in [2.24, 2.45) is 4.99 Å². The van der Waals surface area contributed by atoms with E-state index in [0.717, 1.165) is 42.6 Å². The van der Waals surface area contributed by atoms with E-state index in [1.807, 2.05) is 23.1 Å². The van der Waals surface area contributed by atoms with Crippen LogP contribution in [0.15, 0.2) is 89.4 Å². The van der Waals surface area contributed by atoms with Gasteiger partial charge in [-0.1, -0.05) is 65.7 Å². The van der Waals surface area contributed by atoms with Crippen LogP contribution in [-0.4, -0.2) is 36.3 Å². The highest BCUT2D eigenvalue weighted by molar-refractivity contribution is 6.30. The van der Waals surface area contributed by atoms with Crippen LogP contribution in [-0.2, 0) is 4.74 Å². The molecule has 5 rings (SSSR count). The van der Waals surface area contributed by atoms with Crippen LogP contribution in [0.4, 0.5) is 0 Å². The molecule has 1 fully saturated rings. The molecular weight excluding hydrogens is 432 g/mol. The van der Waals surface area contributed by atoms with E-state index in [9.17, 15) is 4.79 Å². The maximum atomic E-state index is 12.7. The number of ether oxygens (including phenoxy) is 1. The topological polar surface area (TPSA) is 41.9 Å². The third-order valence-corrected chi connectivity index (χ3v) is 6.39. The predicted octanol–water partition coefficient (Wildman–Crippen LogP) is 6.18. The van der Waals surface area contributed by atoms with Gasteiger partial charge in [0.25, 0.3) is 5.91 Å². The van der Waals surface area contributed by atoms with Gasteiger partial charge >= 0.3 is 0 Å². The maximum absolute atomic E-state index is 12.7. The van der Waals surface area contributed by atoms with E-state index in [-0.39, 0.29) is 12.0 Å². The van der Waals surface area contributed by atoms with Crippen molar-refractivity contribution in [1.82, 2.24) is 4.90 Å². The van der Waals surface area contributed by atoms with Crippen molar-refractivity contribution in [1.29, 1.82) is 0 Å². The molecule has 1 atom stereocenters. The Morgan fingerprint density at radius 3 is 2.33 bits per heavy atom. The summed E-state index contributed by atoms with van der Waals surface area (Å²) in [5.74, 6) is 0.776. The molecule has 1 saturated heterocycles. The zero-order valence-electron chi connectivity index (χ0n) is 18.3. The minimum Gasteiger partial charge on any atom is -0.467 e. The highest BCUT2D eigenvalue weighted by Gasteiger charge is 2.23. The molecule has 3 aromatic rings. The number of likely N-dealkylation sites (tertiary alicyclic amines) is 1. The fourth-order valence-corrected chi connectivity index (χ4v) is 4.38. The molecule has 2 heterocycles. The van der Waals surface area contributed by atoms with Crippen LogP contribution in [0, 0.1) is 0 Å². The summed E-state index contributed by atoms with van der Waals surface area (Å²) in [6.45, 7) is 2.12. The van der Waals surface area contributed by atoms with Crippen LogP contribution in [0.1, 0.15) is 46.0 Å². The van der Waals surface area contributed by atoms with Crippen molar-refractivity contribution in [3.05, 3.63) is 112 Å². The molecule has 3 aromatic carbocycles. The highest BCUT2D eigenvalue weighted by Crippen LogP contribution is 2.26. The van der Waals surface area contributed by atoms with E-state index < -0.39 is 0 Å². The van der Waals surface area contributed by atoms with E-state index in [0.29, 0.717) is 23.0 Å². The van der Waals surface area contributed by atoms with Gasteiger partial charge in [0, 0.05) is 29.2 Å². The van der Waals surface area contributed by atoms with E-state index in [1.54, 1.807) is 24.3 Å². The molecule has 5 heteroatoms. The molecule has 0 radical (unpaired) electrons. The second kappa shape index (κ2) is 9.63. The van der Waals surface area contributed by atoms with Crippen LogP contribution in [0.5, 0.6) is 0 Å². The average Bonchev–Trinajstić information content (AvgIpc) is 3.36. The summed E-state index contributed by atoms with van der Waals surface area (Å²) >= 11 is 5.93. The summed E-state index contributed by atoms with van der Waals surface area (Å²) < 4.78 is 6.09. The number of piperidine rings is 1. The molecule has 0 aliphatic carbocycles. The monoisotopic (exact) mass is 456 g/mol. The van der Waals surface area contributed by atoms with Crippen LogP contribution >= 0.6 is 11.6 Å². The lowest BCUT2D eigenvalue weighted by atomic mass is 9.99. The minimum absolute atomic E-state index is 0.0104. The van der Waals surface area contributed by atoms with Gasteiger partial charge in [0.15, 0.2) is 0 Å². The second-order valence-corrected chi connectivity index (χ2v) is 8.82. The predicted molar refractivity (Wildman–Crippen MR) is 133 cm³/mol. The number of nitrogens with zero attached hydrogens (tertiary/aromatic N) is 2. The SMILES string of the molecule is O=C(c1ccc(Cl)cc1)N1CCC(=Cc2ccc(C3=NCC(c4ccccc4)O3)cc2)CC1. The summed E-state index contributed by atoms with van der Waals surface area (Å²) in [4.78, 5) is 19.2. The summed E-state index contributed by atoms with van der Waals surface area (Å²) in [6, 6.07) is 25.7. The van der Waals surface area contributed by atoms with Crippen molar-refractivity contribution in [3.8, 4) is 0 Å². The molecular formula is C28H25ClN2O2. The Bertz CT molecular complexity index is 1170. The second-order valence-electron chi connectivity index (χ2n) is 8.39. The molecule has 0 spiro atoms. The minimum atomic E-state index is -0.0104. The molecule has 0 saturated carbocycles. The van der Waals surface area contributed by atoms with Crippen molar-refractivity contribution in [2.75, 3.05) is 19.6 Å². The van der Waals surface area contributed by atoms with E-state index >= 15 is 0 Å². The van der Waals surface area contributed by atoms with Crippen LogP contribution in [0.2, 0.25) is 5.02 Å². The first-order valence-electron chi connectivity index (χ1n) is 11.3. The smallest absolute Gasteiger partial charge is 0.253 e. The average molecular weight is 457 g/mol. The zero-order chi connectivity index (χ0) is 22.6. The lowest BCUT2D eigenvalue weighted by Gasteiger charge is -2.28. The number of benzene rings is 3. The van der Waals surface area contributed by atoms with E-state index in [1.165, 1.54) is 5.57 Å². The summed E-state index contributed by atoms with van der Waals surface area (Å²) in [7, 11) is 0. The first-order chi connectivity index (χ1) is 16.2. The molecule has 2 aliphatic heterocycles. The van der Waals surface area contributed by atoms with Crippen LogP contribution in [0.3, 0.4) is 0 Å². The number of rotatable bonds is 4. The number of hydrogen-bond donors (Lipinski definition) is 0. The Morgan fingerprint density at radius 1 is 0.939 bits per heavy atom. The number of amides is 1. The molecule has 0 bridgehead atoms. The van der Waals surface area contributed by atoms with Gasteiger partial charge in [-0.15, -0.1) is 0 Å². The van der Waals surface area contributed by atoms with E-state index in [4.69, 9.17) is 16.3 Å². The molecule has 4 nitrogen and oxygen atoms in total. The quantitative estimate of drug-likeness (QED) is 0.470. The molecule has 166 valence electrons. The van der Waals surface area contributed by atoms with Gasteiger partial charge in [-0.3, -0.25) is 4.79 Å². The lowest BCUT2D eigenvalue weighted by Crippen LogP contribution is -2.36. The van der Waals surface area contributed by atoms with Crippen LogP contribution in [0.25, 0.3) is 6.08 Å². The Labute approximate surface area is 199 Å². The Balaban J connectivity index is 1.17. The number of hydrogen-bond acceptors (Lipinski definition) is 3. The van der Waals surface area contributed by atoms with Crippen molar-refractivity contribution in [2.45, 2.75) is 18.9 Å². The zero-order valence-corrected chi connectivity index (χ0v) is 19.0. The molecule has 1 amide bonds. The van der Waals surface area contributed by atoms with Gasteiger partial charge in [-0.05, 0) is 60.4 Å². The first-order valence-corrected chi connectivity index (χ1v) is 11.6. The number of carbonyl (C=O) groups is 1. The largest absolute Gasteiger partial charge is 0.467 e. The normalized spacial score (nSPS) is 18.0. The number of aliphatic imine (C=N–C) groups is 1. The van der Waals surface area contributed by atoms with Crippen LogP contribution < -0.4 is 0 Å². The van der Waals surface area contributed by atoms with Gasteiger partial charge in [-0.2, -0.15) is 0 Å². The third kappa shape index (κ3) is 5.01. The molecule has 2 aliphatic rings. The highest BCUT2D eigenvalue weighted by atomic mass is 35.5. The summed E-state index contributed by atoms with van der Waals surface area (Å²) in [5, 5.41) is 0.643. The maximum Gasteiger partial charge on any atom is 0.253 e. The molecule has 0 N–H and O–H groups in total. The van der Waals surface area contributed by atoms with Gasteiger partial charge in [0.2, 0.25) is 5.90 Å². The Morgan fingerprint density at radius 2 is 1.64 bits per heavy atom. The van der Waals surface area contributed by atoms with Gasteiger partial charge in [-0.25, -0.2) is 4.99 Å². The number of carbonyl (C=O) groups excluding carboxylic acids is 1. The Kier molecular flexibility index (Phi) is 6.27. The fraction of sp³-hybridized carbons (Fsp3) is 0.214. The molecule has 33 heavy (non-hydrogen) atoms.